The zero-order valence-corrected chi connectivity index (χ0v) is 15.0. The Labute approximate surface area is 143 Å². The molecule has 1 N–H and O–H groups in total. The maximum absolute atomic E-state index is 12.6. The van der Waals surface area contributed by atoms with Gasteiger partial charge in [-0.1, -0.05) is 30.7 Å². The number of methoxy groups -OCH3 is 2. The monoisotopic (exact) mass is 327 g/mol. The highest BCUT2D eigenvalue weighted by atomic mass is 16.5. The predicted octanol–water partition coefficient (Wildman–Crippen LogP) is 4.20. The first-order chi connectivity index (χ1) is 11.5. The van der Waals surface area contributed by atoms with E-state index in [0.717, 1.165) is 23.1 Å². The van der Waals surface area contributed by atoms with Crippen LogP contribution in [0.2, 0.25) is 0 Å². The Hall–Kier alpha value is -2.49. The average Bonchev–Trinajstić information content (AvgIpc) is 2.58. The van der Waals surface area contributed by atoms with Crippen LogP contribution in [-0.2, 0) is 0 Å². The minimum Gasteiger partial charge on any atom is -0.493 e. The van der Waals surface area contributed by atoms with E-state index in [1.54, 1.807) is 14.2 Å². The number of aryl methyl sites for hydroxylation is 2. The summed E-state index contributed by atoms with van der Waals surface area (Å²) in [6, 6.07) is 11.5. The van der Waals surface area contributed by atoms with E-state index in [1.807, 2.05) is 57.2 Å². The van der Waals surface area contributed by atoms with Gasteiger partial charge in [0.15, 0.2) is 11.5 Å². The largest absolute Gasteiger partial charge is 0.493 e. The van der Waals surface area contributed by atoms with Crippen molar-refractivity contribution in [2.45, 2.75) is 33.2 Å². The van der Waals surface area contributed by atoms with Gasteiger partial charge in [0.25, 0.3) is 5.91 Å². The van der Waals surface area contributed by atoms with Crippen molar-refractivity contribution in [1.82, 2.24) is 5.32 Å². The van der Waals surface area contributed by atoms with Crippen molar-refractivity contribution in [2.24, 2.45) is 0 Å². The van der Waals surface area contributed by atoms with Gasteiger partial charge in [-0.25, -0.2) is 0 Å². The lowest BCUT2D eigenvalue weighted by molar-refractivity contribution is 0.0935. The number of rotatable bonds is 6. The molecule has 2 aromatic carbocycles. The van der Waals surface area contributed by atoms with Crippen LogP contribution in [0.25, 0.3) is 0 Å². The van der Waals surface area contributed by atoms with Crippen molar-refractivity contribution >= 4 is 5.91 Å². The van der Waals surface area contributed by atoms with Crippen molar-refractivity contribution < 1.29 is 14.3 Å². The molecule has 0 aliphatic rings. The Morgan fingerprint density at radius 3 is 2.33 bits per heavy atom. The SMILES string of the molecule is CC[C@@H](NC(=O)c1ccc(C)cc1C)c1ccc(OC)c(OC)c1. The van der Waals surface area contributed by atoms with Crippen LogP contribution in [0.15, 0.2) is 36.4 Å². The highest BCUT2D eigenvalue weighted by molar-refractivity contribution is 5.95. The van der Waals surface area contributed by atoms with Crippen LogP contribution in [0.5, 0.6) is 11.5 Å². The quantitative estimate of drug-likeness (QED) is 0.865. The van der Waals surface area contributed by atoms with Crippen molar-refractivity contribution in [3.63, 3.8) is 0 Å². The number of hydrogen-bond donors (Lipinski definition) is 1. The first kappa shape index (κ1) is 17.9. The second-order valence-electron chi connectivity index (χ2n) is 5.87. The van der Waals surface area contributed by atoms with Crippen LogP contribution >= 0.6 is 0 Å². The van der Waals surface area contributed by atoms with E-state index in [9.17, 15) is 4.79 Å². The number of carbonyl (C=O) groups is 1. The molecule has 0 unspecified atom stereocenters. The molecule has 0 spiro atoms. The van der Waals surface area contributed by atoms with Gasteiger partial charge in [0, 0.05) is 5.56 Å². The Morgan fingerprint density at radius 2 is 1.75 bits per heavy atom. The van der Waals surface area contributed by atoms with E-state index >= 15 is 0 Å². The molecule has 4 nitrogen and oxygen atoms in total. The highest BCUT2D eigenvalue weighted by Gasteiger charge is 2.17. The zero-order valence-electron chi connectivity index (χ0n) is 15.0. The Bertz CT molecular complexity index is 725. The van der Waals surface area contributed by atoms with Gasteiger partial charge in [0.1, 0.15) is 0 Å². The molecule has 24 heavy (non-hydrogen) atoms. The average molecular weight is 327 g/mol. The standard InChI is InChI=1S/C20H25NO3/c1-6-17(15-8-10-18(23-4)19(12-15)24-5)21-20(22)16-9-7-13(2)11-14(16)3/h7-12,17H,6H2,1-5H3,(H,21,22)/t17-/m1/s1. The van der Waals surface area contributed by atoms with Gasteiger partial charge in [-0.3, -0.25) is 4.79 Å². The van der Waals surface area contributed by atoms with Gasteiger partial charge in [0.2, 0.25) is 0 Å². The van der Waals surface area contributed by atoms with Crippen molar-refractivity contribution in [1.29, 1.82) is 0 Å². The van der Waals surface area contributed by atoms with Crippen molar-refractivity contribution in [3.05, 3.63) is 58.7 Å². The number of benzene rings is 2. The second-order valence-corrected chi connectivity index (χ2v) is 5.87. The fraction of sp³-hybridized carbons (Fsp3) is 0.350. The van der Waals surface area contributed by atoms with Gasteiger partial charge in [-0.2, -0.15) is 0 Å². The van der Waals surface area contributed by atoms with Crippen LogP contribution in [0.4, 0.5) is 0 Å². The summed E-state index contributed by atoms with van der Waals surface area (Å²) in [5.41, 5.74) is 3.83. The molecule has 2 rings (SSSR count). The summed E-state index contributed by atoms with van der Waals surface area (Å²) >= 11 is 0. The van der Waals surface area contributed by atoms with E-state index in [-0.39, 0.29) is 11.9 Å². The van der Waals surface area contributed by atoms with E-state index in [0.29, 0.717) is 17.1 Å². The minimum absolute atomic E-state index is 0.0610. The molecule has 4 heteroatoms. The van der Waals surface area contributed by atoms with E-state index < -0.39 is 0 Å². The van der Waals surface area contributed by atoms with Crippen LogP contribution in [-0.4, -0.2) is 20.1 Å². The van der Waals surface area contributed by atoms with Crippen LogP contribution in [0.3, 0.4) is 0 Å². The summed E-state index contributed by atoms with van der Waals surface area (Å²) in [5, 5.41) is 3.11. The second kappa shape index (κ2) is 7.86. The molecule has 0 bridgehead atoms. The molecule has 0 fully saturated rings. The first-order valence-corrected chi connectivity index (χ1v) is 8.10. The molecule has 128 valence electrons. The lowest BCUT2D eigenvalue weighted by Crippen LogP contribution is -2.28. The maximum atomic E-state index is 12.6. The molecule has 1 atom stereocenters. The van der Waals surface area contributed by atoms with E-state index in [1.165, 1.54) is 0 Å². The third kappa shape index (κ3) is 3.88. The minimum atomic E-state index is -0.0852. The molecule has 0 aliphatic carbocycles. The fourth-order valence-electron chi connectivity index (χ4n) is 2.80. The van der Waals surface area contributed by atoms with Crippen molar-refractivity contribution in [2.75, 3.05) is 14.2 Å². The normalized spacial score (nSPS) is 11.7. The Kier molecular flexibility index (Phi) is 5.85. The van der Waals surface area contributed by atoms with E-state index in [4.69, 9.17) is 9.47 Å². The summed E-state index contributed by atoms with van der Waals surface area (Å²) in [4.78, 5) is 12.6. The van der Waals surface area contributed by atoms with Crippen LogP contribution in [0.1, 0.15) is 46.4 Å². The highest BCUT2D eigenvalue weighted by Crippen LogP contribution is 2.31. The molecule has 2 aromatic rings. The number of hydrogen-bond acceptors (Lipinski definition) is 3. The van der Waals surface area contributed by atoms with Crippen LogP contribution in [0, 0.1) is 13.8 Å². The smallest absolute Gasteiger partial charge is 0.252 e. The third-order valence-electron chi connectivity index (χ3n) is 4.15. The molecule has 0 heterocycles. The summed E-state index contributed by atoms with van der Waals surface area (Å²) in [6.45, 7) is 6.02. The molecule has 0 radical (unpaired) electrons. The van der Waals surface area contributed by atoms with Crippen molar-refractivity contribution in [3.8, 4) is 11.5 Å². The zero-order chi connectivity index (χ0) is 17.7. The number of amides is 1. The Balaban J connectivity index is 2.24. The number of nitrogens with one attached hydrogen (secondary N) is 1. The van der Waals surface area contributed by atoms with Gasteiger partial charge in [-0.05, 0) is 49.6 Å². The van der Waals surface area contributed by atoms with Gasteiger partial charge >= 0.3 is 0 Å². The summed E-state index contributed by atoms with van der Waals surface area (Å²) < 4.78 is 10.6. The summed E-state index contributed by atoms with van der Waals surface area (Å²) in [5.74, 6) is 1.28. The molecule has 0 saturated carbocycles. The van der Waals surface area contributed by atoms with Gasteiger partial charge in [-0.15, -0.1) is 0 Å². The van der Waals surface area contributed by atoms with Gasteiger partial charge < -0.3 is 14.8 Å². The molecule has 1 amide bonds. The van der Waals surface area contributed by atoms with Crippen LogP contribution < -0.4 is 14.8 Å². The summed E-state index contributed by atoms with van der Waals surface area (Å²) in [6.07, 6.45) is 0.784. The lowest BCUT2D eigenvalue weighted by Gasteiger charge is -2.20. The molecular weight excluding hydrogens is 302 g/mol. The number of ether oxygens (including phenoxy) is 2. The predicted molar refractivity (Wildman–Crippen MR) is 96.0 cm³/mol. The topological polar surface area (TPSA) is 47.6 Å². The summed E-state index contributed by atoms with van der Waals surface area (Å²) in [7, 11) is 3.22. The number of carbonyl (C=O) groups excluding carboxylic acids is 1. The lowest BCUT2D eigenvalue weighted by atomic mass is 10.0. The molecule has 0 saturated heterocycles. The molecule has 0 aliphatic heterocycles. The molecule has 0 aromatic heterocycles. The Morgan fingerprint density at radius 1 is 1.04 bits per heavy atom. The van der Waals surface area contributed by atoms with Gasteiger partial charge in [0.05, 0.1) is 20.3 Å². The maximum Gasteiger partial charge on any atom is 0.252 e. The fourth-order valence-corrected chi connectivity index (χ4v) is 2.80. The third-order valence-corrected chi connectivity index (χ3v) is 4.15. The molecular formula is C20H25NO3. The van der Waals surface area contributed by atoms with E-state index in [2.05, 4.69) is 5.32 Å². The first-order valence-electron chi connectivity index (χ1n) is 8.10.